The molecule has 0 bridgehead atoms. The van der Waals surface area contributed by atoms with Crippen molar-refractivity contribution in [1.29, 1.82) is 0 Å². The van der Waals surface area contributed by atoms with Crippen molar-refractivity contribution < 1.29 is 4.42 Å². The Morgan fingerprint density at radius 3 is 2.36 bits per heavy atom. The Bertz CT molecular complexity index is 1100. The summed E-state index contributed by atoms with van der Waals surface area (Å²) in [5.41, 5.74) is 12.6. The van der Waals surface area contributed by atoms with E-state index in [1.54, 1.807) is 0 Å². The summed E-state index contributed by atoms with van der Waals surface area (Å²) in [5, 5.41) is 1.03. The Morgan fingerprint density at radius 1 is 1.00 bits per heavy atom. The molecule has 140 valence electrons. The molecule has 2 aromatic carbocycles. The number of allylic oxidation sites excluding steroid dienone is 2. The molecular formula is C25H25N2O+. The first-order valence-electron chi connectivity index (χ1n) is 9.76. The third-order valence-electron chi connectivity index (χ3n) is 5.19. The largest absolute Gasteiger partial charge is 0.430 e. The topological polar surface area (TPSA) is 51.5 Å². The van der Waals surface area contributed by atoms with E-state index in [9.17, 15) is 0 Å². The minimum absolute atomic E-state index is 0.364. The molecule has 0 saturated carbocycles. The summed E-state index contributed by atoms with van der Waals surface area (Å²) in [6.45, 7) is 8.74. The highest BCUT2D eigenvalue weighted by atomic mass is 16.3. The zero-order chi connectivity index (χ0) is 19.8. The van der Waals surface area contributed by atoms with Gasteiger partial charge >= 0.3 is 0 Å². The number of amidine groups is 1. The summed E-state index contributed by atoms with van der Waals surface area (Å²) in [6.07, 6.45) is 8.85. The van der Waals surface area contributed by atoms with E-state index in [0.29, 0.717) is 17.7 Å². The van der Waals surface area contributed by atoms with Crippen LogP contribution in [0.3, 0.4) is 0 Å². The summed E-state index contributed by atoms with van der Waals surface area (Å²) in [5.74, 6) is 2.04. The summed E-state index contributed by atoms with van der Waals surface area (Å²) in [4.78, 5) is 4.92. The van der Waals surface area contributed by atoms with Crippen LogP contribution >= 0.6 is 0 Å². The molecule has 28 heavy (non-hydrogen) atoms. The maximum atomic E-state index is 6.54. The molecular weight excluding hydrogens is 344 g/mol. The first-order chi connectivity index (χ1) is 13.5. The number of fused-ring (bicyclic) bond motifs is 3. The van der Waals surface area contributed by atoms with E-state index < -0.39 is 0 Å². The predicted octanol–water partition coefficient (Wildman–Crippen LogP) is 6.56. The van der Waals surface area contributed by atoms with Crippen LogP contribution in [-0.4, -0.2) is 5.84 Å². The second-order valence-corrected chi connectivity index (χ2v) is 7.80. The highest BCUT2D eigenvalue weighted by Crippen LogP contribution is 2.36. The van der Waals surface area contributed by atoms with Crippen molar-refractivity contribution in [2.45, 2.75) is 39.5 Å². The number of benzene rings is 2. The van der Waals surface area contributed by atoms with Crippen molar-refractivity contribution in [1.82, 2.24) is 0 Å². The minimum Gasteiger partial charge on any atom is -0.430 e. The molecule has 2 N–H and O–H groups in total. The molecule has 0 spiro atoms. The van der Waals surface area contributed by atoms with Crippen LogP contribution < -0.4 is 5.73 Å². The number of furan rings is 1. The first-order valence-corrected chi connectivity index (χ1v) is 9.76. The second kappa shape index (κ2) is 7.10. The standard InChI is InChI=1S/C25H25N2O/c1-15(2)17-10-7-11-18(16(3)4)23(17)27-25(26)21-13-8-12-20-19-9-5-6-14-22(19)28-24(20)21/h6-16H,1-4H3,(H2,26,27)/q+1. The fourth-order valence-electron chi connectivity index (χ4n) is 3.71. The van der Waals surface area contributed by atoms with Gasteiger partial charge in [0.15, 0.2) is 5.58 Å². The fourth-order valence-corrected chi connectivity index (χ4v) is 3.71. The molecule has 1 aromatic heterocycles. The van der Waals surface area contributed by atoms with E-state index in [1.165, 1.54) is 11.1 Å². The predicted molar refractivity (Wildman–Crippen MR) is 118 cm³/mol. The van der Waals surface area contributed by atoms with Crippen LogP contribution in [0.5, 0.6) is 0 Å². The average molecular weight is 369 g/mol. The number of hydrogen-bond acceptors (Lipinski definition) is 2. The van der Waals surface area contributed by atoms with Gasteiger partial charge in [0.1, 0.15) is 23.6 Å². The van der Waals surface area contributed by atoms with Crippen LogP contribution in [0.25, 0.3) is 23.1 Å². The van der Waals surface area contributed by atoms with Gasteiger partial charge in [-0.3, -0.25) is 0 Å². The Labute approximate surface area is 166 Å². The number of nitrogens with zero attached hydrogens (tertiary/aromatic N) is 1. The number of rotatable bonds is 4. The Kier molecular flexibility index (Phi) is 4.62. The molecule has 0 saturated heterocycles. The van der Waals surface area contributed by atoms with Gasteiger partial charge in [-0.05, 0) is 35.1 Å². The number of hydrogen-bond donors (Lipinski definition) is 1. The van der Waals surface area contributed by atoms with Gasteiger partial charge in [0, 0.05) is 6.08 Å². The maximum absolute atomic E-state index is 6.54. The lowest BCUT2D eigenvalue weighted by Crippen LogP contribution is -2.13. The van der Waals surface area contributed by atoms with E-state index in [2.05, 4.69) is 52.0 Å². The number of nitrogens with two attached hydrogens (primary N) is 1. The highest BCUT2D eigenvalue weighted by Gasteiger charge is 2.23. The lowest BCUT2D eigenvalue weighted by atomic mass is 9.93. The van der Waals surface area contributed by atoms with Crippen LogP contribution in [0.4, 0.5) is 5.69 Å². The molecule has 3 nitrogen and oxygen atoms in total. The third-order valence-corrected chi connectivity index (χ3v) is 5.19. The van der Waals surface area contributed by atoms with E-state index in [-0.39, 0.29) is 0 Å². The van der Waals surface area contributed by atoms with Crippen molar-refractivity contribution in [3.8, 4) is 0 Å². The Balaban J connectivity index is 1.91. The molecule has 0 radical (unpaired) electrons. The summed E-state index contributed by atoms with van der Waals surface area (Å²) in [7, 11) is 0. The fraction of sp³-hybridized carbons (Fsp3) is 0.240. The molecule has 1 aliphatic rings. The summed E-state index contributed by atoms with van der Waals surface area (Å²) >= 11 is 0. The van der Waals surface area contributed by atoms with E-state index in [1.807, 2.05) is 36.4 Å². The van der Waals surface area contributed by atoms with Crippen molar-refractivity contribution in [2.24, 2.45) is 10.7 Å². The summed E-state index contributed by atoms with van der Waals surface area (Å²) < 4.78 is 6.12. The van der Waals surface area contributed by atoms with Crippen molar-refractivity contribution >= 4 is 34.6 Å². The van der Waals surface area contributed by atoms with Gasteiger partial charge in [0.25, 0.3) is 0 Å². The molecule has 3 aromatic rings. The zero-order valence-corrected chi connectivity index (χ0v) is 16.8. The molecule has 3 heteroatoms. The van der Waals surface area contributed by atoms with Crippen LogP contribution in [0.2, 0.25) is 0 Å². The van der Waals surface area contributed by atoms with Gasteiger partial charge in [0.05, 0.1) is 22.7 Å². The summed E-state index contributed by atoms with van der Waals surface area (Å²) in [6, 6.07) is 12.4. The molecule has 1 heterocycles. The lowest BCUT2D eigenvalue weighted by Gasteiger charge is -2.17. The molecule has 0 amide bonds. The maximum Gasteiger partial charge on any atom is 0.247 e. The zero-order valence-electron chi connectivity index (χ0n) is 16.8. The van der Waals surface area contributed by atoms with Gasteiger partial charge in [-0.1, -0.05) is 52.0 Å². The van der Waals surface area contributed by atoms with Crippen molar-refractivity contribution in [3.63, 3.8) is 0 Å². The third kappa shape index (κ3) is 3.04. The van der Waals surface area contributed by atoms with E-state index >= 15 is 0 Å². The minimum atomic E-state index is 0.364. The monoisotopic (exact) mass is 369 g/mol. The highest BCUT2D eigenvalue weighted by molar-refractivity contribution is 6.10. The number of para-hydroxylation sites is 2. The molecule has 1 aliphatic carbocycles. The van der Waals surface area contributed by atoms with E-state index in [0.717, 1.165) is 33.5 Å². The lowest BCUT2D eigenvalue weighted by molar-refractivity contribution is 0.602. The van der Waals surface area contributed by atoms with Gasteiger partial charge < -0.3 is 10.2 Å². The van der Waals surface area contributed by atoms with Gasteiger partial charge in [-0.25, -0.2) is 4.99 Å². The molecule has 0 atom stereocenters. The van der Waals surface area contributed by atoms with Crippen LogP contribution in [0, 0.1) is 6.08 Å². The van der Waals surface area contributed by atoms with Crippen molar-refractivity contribution in [3.05, 3.63) is 76.6 Å². The van der Waals surface area contributed by atoms with Crippen molar-refractivity contribution in [2.75, 3.05) is 0 Å². The van der Waals surface area contributed by atoms with Gasteiger partial charge in [-0.15, -0.1) is 0 Å². The normalized spacial score (nSPS) is 13.4. The molecule has 0 fully saturated rings. The Hall–Kier alpha value is -3.16. The SMILES string of the molecule is CC(C)c1cccc(C(C)C)c1N=C(N)c1cccc2c3c(oc12)C=C[C+]=C3. The Morgan fingerprint density at radius 2 is 1.68 bits per heavy atom. The average Bonchev–Trinajstić information content (AvgIpc) is 3.06. The quantitative estimate of drug-likeness (QED) is 0.322. The smallest absolute Gasteiger partial charge is 0.247 e. The van der Waals surface area contributed by atoms with Gasteiger partial charge in [0.2, 0.25) is 5.76 Å². The molecule has 0 aliphatic heterocycles. The van der Waals surface area contributed by atoms with Crippen LogP contribution in [0.1, 0.15) is 67.5 Å². The van der Waals surface area contributed by atoms with Crippen LogP contribution in [0.15, 0.2) is 51.9 Å². The molecule has 4 rings (SSSR count). The number of aliphatic imine (C=N–C) groups is 1. The first kappa shape index (κ1) is 18.2. The second-order valence-electron chi connectivity index (χ2n) is 7.80. The van der Waals surface area contributed by atoms with Gasteiger partial charge in [-0.2, -0.15) is 0 Å². The van der Waals surface area contributed by atoms with Crippen LogP contribution in [-0.2, 0) is 0 Å². The molecule has 0 unspecified atom stereocenters. The van der Waals surface area contributed by atoms with E-state index in [4.69, 9.17) is 15.1 Å².